The van der Waals surface area contributed by atoms with Crippen LogP contribution in [-0.2, 0) is 0 Å². The molecule has 0 saturated carbocycles. The summed E-state index contributed by atoms with van der Waals surface area (Å²) < 4.78 is 0. The molecule has 0 aliphatic carbocycles. The van der Waals surface area contributed by atoms with Crippen molar-refractivity contribution in [1.82, 2.24) is 0 Å². The molecule has 78 valence electrons. The molecule has 3 aromatic rings. The van der Waals surface area contributed by atoms with Gasteiger partial charge in [-0.1, -0.05) is 36.4 Å². The van der Waals surface area contributed by atoms with Gasteiger partial charge in [0.05, 0.1) is 0 Å². The van der Waals surface area contributed by atoms with Gasteiger partial charge in [-0.2, -0.15) is 0 Å². The highest BCUT2D eigenvalue weighted by molar-refractivity contribution is 6.08. The fraction of sp³-hybridized carbons (Fsp3) is 0.0667. The molecule has 0 saturated heterocycles. The van der Waals surface area contributed by atoms with Gasteiger partial charge in [0, 0.05) is 5.69 Å². The van der Waals surface area contributed by atoms with E-state index in [-0.39, 0.29) is 0 Å². The predicted molar refractivity (Wildman–Crippen MR) is 70.6 cm³/mol. The number of benzene rings is 3. The number of rotatable bonds is 0. The molecule has 0 aromatic heterocycles. The monoisotopic (exact) mass is 207 g/mol. The summed E-state index contributed by atoms with van der Waals surface area (Å²) in [7, 11) is 0. The zero-order chi connectivity index (χ0) is 11.1. The van der Waals surface area contributed by atoms with Crippen LogP contribution in [0.25, 0.3) is 21.5 Å². The lowest BCUT2D eigenvalue weighted by atomic mass is 9.99. The van der Waals surface area contributed by atoms with Gasteiger partial charge >= 0.3 is 0 Å². The van der Waals surface area contributed by atoms with Gasteiger partial charge < -0.3 is 5.73 Å². The number of nitrogen functional groups attached to an aromatic ring is 1. The molecular weight excluding hydrogens is 194 g/mol. The van der Waals surface area contributed by atoms with Crippen LogP contribution in [0.5, 0.6) is 0 Å². The molecule has 3 rings (SSSR count). The van der Waals surface area contributed by atoms with E-state index < -0.39 is 0 Å². The minimum atomic E-state index is 0.864. The minimum absolute atomic E-state index is 0.864. The van der Waals surface area contributed by atoms with E-state index in [1.54, 1.807) is 0 Å². The SMILES string of the molecule is Cc1cc2c(ccc3ccccc32)cc1N. The predicted octanol–water partition coefficient (Wildman–Crippen LogP) is 3.88. The van der Waals surface area contributed by atoms with E-state index in [4.69, 9.17) is 5.73 Å². The Morgan fingerprint density at radius 2 is 1.56 bits per heavy atom. The lowest BCUT2D eigenvalue weighted by molar-refractivity contribution is 1.51. The highest BCUT2D eigenvalue weighted by Gasteiger charge is 2.02. The number of aryl methyl sites for hydroxylation is 1. The van der Waals surface area contributed by atoms with Crippen molar-refractivity contribution in [3.05, 3.63) is 54.1 Å². The average molecular weight is 207 g/mol. The zero-order valence-corrected chi connectivity index (χ0v) is 9.20. The summed E-state index contributed by atoms with van der Waals surface area (Å²) in [5, 5.41) is 5.06. The summed E-state index contributed by atoms with van der Waals surface area (Å²) >= 11 is 0. The van der Waals surface area contributed by atoms with Gasteiger partial charge in [-0.25, -0.2) is 0 Å². The van der Waals surface area contributed by atoms with Crippen molar-refractivity contribution in [3.8, 4) is 0 Å². The highest BCUT2D eigenvalue weighted by Crippen LogP contribution is 2.28. The molecule has 0 bridgehead atoms. The first kappa shape index (κ1) is 9.22. The third kappa shape index (κ3) is 1.25. The quantitative estimate of drug-likeness (QED) is 0.439. The van der Waals surface area contributed by atoms with Gasteiger partial charge in [-0.05, 0) is 46.2 Å². The molecule has 16 heavy (non-hydrogen) atoms. The first-order valence-corrected chi connectivity index (χ1v) is 5.43. The van der Waals surface area contributed by atoms with E-state index in [0.717, 1.165) is 11.3 Å². The van der Waals surface area contributed by atoms with E-state index >= 15 is 0 Å². The van der Waals surface area contributed by atoms with Crippen LogP contribution in [0.15, 0.2) is 48.5 Å². The van der Waals surface area contributed by atoms with Crippen LogP contribution in [0, 0.1) is 6.92 Å². The number of hydrogen-bond donors (Lipinski definition) is 1. The standard InChI is InChI=1S/C15H13N/c1-10-8-14-12(9-15(10)16)7-6-11-4-2-3-5-13(11)14/h2-9H,16H2,1H3. The van der Waals surface area contributed by atoms with Crippen molar-refractivity contribution in [1.29, 1.82) is 0 Å². The summed E-state index contributed by atoms with van der Waals surface area (Å²) in [6, 6.07) is 16.9. The molecule has 2 N–H and O–H groups in total. The van der Waals surface area contributed by atoms with Crippen LogP contribution in [0.1, 0.15) is 5.56 Å². The second-order valence-corrected chi connectivity index (χ2v) is 4.22. The van der Waals surface area contributed by atoms with Crippen LogP contribution < -0.4 is 5.73 Å². The lowest BCUT2D eigenvalue weighted by Crippen LogP contribution is -1.89. The number of fused-ring (bicyclic) bond motifs is 3. The maximum Gasteiger partial charge on any atom is 0.0350 e. The second kappa shape index (κ2) is 3.24. The normalized spacial score (nSPS) is 11.1. The van der Waals surface area contributed by atoms with Crippen molar-refractivity contribution in [2.75, 3.05) is 5.73 Å². The molecule has 0 aliphatic heterocycles. The highest BCUT2D eigenvalue weighted by atomic mass is 14.5. The molecule has 0 aliphatic rings. The Morgan fingerprint density at radius 3 is 2.44 bits per heavy atom. The summed E-state index contributed by atoms with van der Waals surface area (Å²) in [5.41, 5.74) is 7.94. The van der Waals surface area contributed by atoms with E-state index in [1.165, 1.54) is 21.5 Å². The topological polar surface area (TPSA) is 26.0 Å². The van der Waals surface area contributed by atoms with Gasteiger partial charge in [-0.3, -0.25) is 0 Å². The molecule has 0 heterocycles. The summed E-state index contributed by atoms with van der Waals surface area (Å²) in [6.45, 7) is 2.05. The molecule has 1 nitrogen and oxygen atoms in total. The molecule has 0 amide bonds. The van der Waals surface area contributed by atoms with Gasteiger partial charge in [0.25, 0.3) is 0 Å². The number of nitrogens with two attached hydrogens (primary N) is 1. The Labute approximate surface area is 94.5 Å². The Morgan fingerprint density at radius 1 is 0.812 bits per heavy atom. The van der Waals surface area contributed by atoms with Gasteiger partial charge in [0.1, 0.15) is 0 Å². The average Bonchev–Trinajstić information content (AvgIpc) is 2.31. The van der Waals surface area contributed by atoms with Crippen molar-refractivity contribution >= 4 is 27.2 Å². The second-order valence-electron chi connectivity index (χ2n) is 4.22. The van der Waals surface area contributed by atoms with Crippen LogP contribution in [0.3, 0.4) is 0 Å². The third-order valence-corrected chi connectivity index (χ3v) is 3.13. The largest absolute Gasteiger partial charge is 0.398 e. The minimum Gasteiger partial charge on any atom is -0.398 e. The Balaban J connectivity index is 2.55. The molecule has 1 heteroatoms. The van der Waals surface area contributed by atoms with E-state index in [9.17, 15) is 0 Å². The Hall–Kier alpha value is -2.02. The molecule has 0 spiro atoms. The smallest absolute Gasteiger partial charge is 0.0350 e. The van der Waals surface area contributed by atoms with Gasteiger partial charge in [-0.15, -0.1) is 0 Å². The summed E-state index contributed by atoms with van der Waals surface area (Å²) in [6.07, 6.45) is 0. The van der Waals surface area contributed by atoms with Crippen molar-refractivity contribution in [2.45, 2.75) is 6.92 Å². The van der Waals surface area contributed by atoms with Crippen LogP contribution >= 0.6 is 0 Å². The lowest BCUT2D eigenvalue weighted by Gasteiger charge is -2.07. The maximum atomic E-state index is 5.93. The molecule has 0 fully saturated rings. The van der Waals surface area contributed by atoms with Crippen molar-refractivity contribution in [2.24, 2.45) is 0 Å². The summed E-state index contributed by atoms with van der Waals surface area (Å²) in [5.74, 6) is 0. The van der Waals surface area contributed by atoms with E-state index in [0.29, 0.717) is 0 Å². The Kier molecular flexibility index (Phi) is 1.87. The van der Waals surface area contributed by atoms with Gasteiger partial charge in [0.2, 0.25) is 0 Å². The summed E-state index contributed by atoms with van der Waals surface area (Å²) in [4.78, 5) is 0. The first-order valence-electron chi connectivity index (χ1n) is 5.43. The van der Waals surface area contributed by atoms with E-state index in [1.807, 2.05) is 0 Å². The van der Waals surface area contributed by atoms with Crippen molar-refractivity contribution < 1.29 is 0 Å². The number of anilines is 1. The molecule has 0 radical (unpaired) electrons. The first-order chi connectivity index (χ1) is 7.75. The fourth-order valence-corrected chi connectivity index (χ4v) is 2.18. The molecule has 3 aromatic carbocycles. The fourth-order valence-electron chi connectivity index (χ4n) is 2.18. The number of hydrogen-bond acceptors (Lipinski definition) is 1. The Bertz CT molecular complexity index is 683. The maximum absolute atomic E-state index is 5.93. The van der Waals surface area contributed by atoms with Crippen LogP contribution in [0.4, 0.5) is 5.69 Å². The van der Waals surface area contributed by atoms with E-state index in [2.05, 4.69) is 55.5 Å². The van der Waals surface area contributed by atoms with Crippen LogP contribution in [0.2, 0.25) is 0 Å². The molecule has 0 unspecified atom stereocenters. The van der Waals surface area contributed by atoms with Gasteiger partial charge in [0.15, 0.2) is 0 Å². The third-order valence-electron chi connectivity index (χ3n) is 3.13. The zero-order valence-electron chi connectivity index (χ0n) is 9.20. The molecule has 0 atom stereocenters. The van der Waals surface area contributed by atoms with Crippen LogP contribution in [-0.4, -0.2) is 0 Å². The van der Waals surface area contributed by atoms with Crippen molar-refractivity contribution in [3.63, 3.8) is 0 Å². The molecular formula is C15H13N.